The fraction of sp³-hybridized carbons (Fsp3) is 0.240. The molecule has 0 radical (unpaired) electrons. The van der Waals surface area contributed by atoms with Gasteiger partial charge < -0.3 is 5.32 Å². The van der Waals surface area contributed by atoms with Crippen LogP contribution in [0.2, 0.25) is 0 Å². The monoisotopic (exact) mass is 490 g/mol. The molecule has 0 saturated carbocycles. The molecule has 2 aromatic heterocycles. The molecule has 1 N–H and O–H groups in total. The molecular formula is C25H23BrN4O2. The maximum Gasteiger partial charge on any atom is 0.265 e. The average Bonchev–Trinajstić information content (AvgIpc) is 2.81. The number of carbonyl (C=O) groups is 1. The lowest BCUT2D eigenvalue weighted by Crippen LogP contribution is -2.44. The molecule has 0 spiro atoms. The molecule has 1 aliphatic heterocycles. The van der Waals surface area contributed by atoms with Gasteiger partial charge in [0.15, 0.2) is 5.65 Å². The van der Waals surface area contributed by atoms with E-state index in [0.717, 1.165) is 36.9 Å². The topological polar surface area (TPSA) is 66.7 Å². The first-order valence-corrected chi connectivity index (χ1v) is 11.6. The minimum atomic E-state index is -0.187. The van der Waals surface area contributed by atoms with Gasteiger partial charge in [0.1, 0.15) is 0 Å². The molecule has 4 aromatic rings. The van der Waals surface area contributed by atoms with E-state index in [1.165, 1.54) is 9.96 Å². The zero-order valence-corrected chi connectivity index (χ0v) is 19.1. The predicted molar refractivity (Wildman–Crippen MR) is 129 cm³/mol. The van der Waals surface area contributed by atoms with Crippen LogP contribution >= 0.6 is 15.9 Å². The van der Waals surface area contributed by atoms with Gasteiger partial charge in [-0.3, -0.25) is 18.9 Å². The van der Waals surface area contributed by atoms with Crippen LogP contribution in [0, 0.1) is 0 Å². The Morgan fingerprint density at radius 2 is 1.84 bits per heavy atom. The van der Waals surface area contributed by atoms with Gasteiger partial charge in [0.25, 0.3) is 11.5 Å². The first-order chi connectivity index (χ1) is 15.6. The second kappa shape index (κ2) is 8.84. The van der Waals surface area contributed by atoms with E-state index >= 15 is 0 Å². The van der Waals surface area contributed by atoms with Crippen LogP contribution in [0.4, 0.5) is 0 Å². The molecule has 0 aliphatic carbocycles. The lowest BCUT2D eigenvalue weighted by molar-refractivity contribution is 0.0910. The van der Waals surface area contributed by atoms with E-state index in [0.29, 0.717) is 22.1 Å². The number of rotatable bonds is 4. The van der Waals surface area contributed by atoms with Crippen molar-refractivity contribution in [2.45, 2.75) is 25.4 Å². The SMILES string of the molecule is O=C(NC1CCN(Cc2ccccc2)CC1)c1cccn2c(=O)c3cc(Br)ccc3nc12. The van der Waals surface area contributed by atoms with E-state index in [1.807, 2.05) is 12.1 Å². The van der Waals surface area contributed by atoms with Crippen molar-refractivity contribution in [1.29, 1.82) is 0 Å². The summed E-state index contributed by atoms with van der Waals surface area (Å²) in [6.45, 7) is 2.81. The van der Waals surface area contributed by atoms with Crippen LogP contribution in [0.1, 0.15) is 28.8 Å². The van der Waals surface area contributed by atoms with E-state index in [1.54, 1.807) is 30.5 Å². The van der Waals surface area contributed by atoms with Crippen LogP contribution in [0.5, 0.6) is 0 Å². The van der Waals surface area contributed by atoms with Crippen molar-refractivity contribution < 1.29 is 4.79 Å². The Hall–Kier alpha value is -3.03. The molecule has 162 valence electrons. The van der Waals surface area contributed by atoms with Crippen molar-refractivity contribution in [1.82, 2.24) is 19.6 Å². The van der Waals surface area contributed by atoms with Crippen molar-refractivity contribution in [2.75, 3.05) is 13.1 Å². The Morgan fingerprint density at radius 1 is 1.06 bits per heavy atom. The summed E-state index contributed by atoms with van der Waals surface area (Å²) in [6, 6.07) is 19.4. The Kier molecular flexibility index (Phi) is 5.76. The fourth-order valence-electron chi connectivity index (χ4n) is 4.32. The van der Waals surface area contributed by atoms with Crippen LogP contribution in [-0.4, -0.2) is 39.3 Å². The van der Waals surface area contributed by atoms with E-state index in [4.69, 9.17) is 0 Å². The molecule has 1 fully saturated rings. The second-order valence-electron chi connectivity index (χ2n) is 8.20. The summed E-state index contributed by atoms with van der Waals surface area (Å²) in [4.78, 5) is 33.1. The van der Waals surface area contributed by atoms with Crippen molar-refractivity contribution in [3.8, 4) is 0 Å². The summed E-state index contributed by atoms with van der Waals surface area (Å²) in [5.74, 6) is -0.187. The number of amides is 1. The van der Waals surface area contributed by atoms with Gasteiger partial charge in [-0.15, -0.1) is 0 Å². The van der Waals surface area contributed by atoms with Gasteiger partial charge in [0, 0.05) is 36.3 Å². The highest BCUT2D eigenvalue weighted by Crippen LogP contribution is 2.19. The molecule has 0 atom stereocenters. The van der Waals surface area contributed by atoms with Crippen LogP contribution in [-0.2, 0) is 6.54 Å². The smallest absolute Gasteiger partial charge is 0.265 e. The maximum atomic E-state index is 13.1. The summed E-state index contributed by atoms with van der Waals surface area (Å²) in [5.41, 5.74) is 2.50. The molecule has 7 heteroatoms. The van der Waals surface area contributed by atoms with Crippen LogP contribution in [0.3, 0.4) is 0 Å². The lowest BCUT2D eigenvalue weighted by atomic mass is 10.0. The number of halogens is 1. The Balaban J connectivity index is 1.33. The molecule has 6 nitrogen and oxygen atoms in total. The quantitative estimate of drug-likeness (QED) is 0.439. The normalized spacial score (nSPS) is 15.3. The third-order valence-corrected chi connectivity index (χ3v) is 6.51. The minimum absolute atomic E-state index is 0.109. The van der Waals surface area contributed by atoms with E-state index in [9.17, 15) is 9.59 Å². The van der Waals surface area contributed by atoms with Gasteiger partial charge in [-0.1, -0.05) is 46.3 Å². The van der Waals surface area contributed by atoms with Gasteiger partial charge in [-0.2, -0.15) is 0 Å². The maximum absolute atomic E-state index is 13.1. The number of carbonyl (C=O) groups excluding carboxylic acids is 1. The second-order valence-corrected chi connectivity index (χ2v) is 9.12. The minimum Gasteiger partial charge on any atom is -0.349 e. The summed E-state index contributed by atoms with van der Waals surface area (Å²) >= 11 is 3.40. The molecule has 1 saturated heterocycles. The van der Waals surface area contributed by atoms with E-state index < -0.39 is 0 Å². The molecule has 1 amide bonds. The number of aromatic nitrogens is 2. The average molecular weight is 491 g/mol. The Labute approximate surface area is 194 Å². The third kappa shape index (κ3) is 4.18. The zero-order valence-electron chi connectivity index (χ0n) is 17.5. The van der Waals surface area contributed by atoms with Crippen LogP contribution < -0.4 is 10.9 Å². The number of pyridine rings is 1. The van der Waals surface area contributed by atoms with Gasteiger partial charge in [0.2, 0.25) is 0 Å². The molecule has 0 unspecified atom stereocenters. The molecule has 1 aliphatic rings. The predicted octanol–water partition coefficient (Wildman–Crippen LogP) is 4.00. The van der Waals surface area contributed by atoms with Gasteiger partial charge in [0.05, 0.1) is 16.5 Å². The van der Waals surface area contributed by atoms with E-state index in [2.05, 4.69) is 55.4 Å². The largest absolute Gasteiger partial charge is 0.349 e. The molecular weight excluding hydrogens is 468 g/mol. The lowest BCUT2D eigenvalue weighted by Gasteiger charge is -2.32. The van der Waals surface area contributed by atoms with Gasteiger partial charge in [-0.25, -0.2) is 4.98 Å². The number of likely N-dealkylation sites (tertiary alicyclic amines) is 1. The molecule has 0 bridgehead atoms. The van der Waals surface area contributed by atoms with Crippen molar-refractivity contribution in [3.05, 3.63) is 92.8 Å². The van der Waals surface area contributed by atoms with Crippen LogP contribution in [0.25, 0.3) is 16.6 Å². The number of hydrogen-bond donors (Lipinski definition) is 1. The molecule has 2 aromatic carbocycles. The highest BCUT2D eigenvalue weighted by Gasteiger charge is 2.22. The fourth-order valence-corrected chi connectivity index (χ4v) is 4.68. The van der Waals surface area contributed by atoms with Crippen LogP contribution in [0.15, 0.2) is 76.1 Å². The number of nitrogens with zero attached hydrogens (tertiary/aromatic N) is 3. The Bertz CT molecular complexity index is 1340. The molecule has 5 rings (SSSR count). The van der Waals surface area contributed by atoms with Gasteiger partial charge in [-0.05, 0) is 48.7 Å². The number of benzene rings is 2. The highest BCUT2D eigenvalue weighted by molar-refractivity contribution is 9.10. The summed E-state index contributed by atoms with van der Waals surface area (Å²) in [5, 5.41) is 3.67. The number of nitrogens with one attached hydrogen (secondary N) is 1. The molecule has 32 heavy (non-hydrogen) atoms. The van der Waals surface area contributed by atoms with Crippen molar-refractivity contribution >= 4 is 38.4 Å². The first-order valence-electron chi connectivity index (χ1n) is 10.8. The summed E-state index contributed by atoms with van der Waals surface area (Å²) in [7, 11) is 0. The van der Waals surface area contributed by atoms with Crippen molar-refractivity contribution in [2.24, 2.45) is 0 Å². The summed E-state index contributed by atoms with van der Waals surface area (Å²) < 4.78 is 2.27. The number of piperidine rings is 1. The number of hydrogen-bond acceptors (Lipinski definition) is 4. The molecule has 3 heterocycles. The first kappa shape index (κ1) is 20.8. The third-order valence-electron chi connectivity index (χ3n) is 6.02. The summed E-state index contributed by atoms with van der Waals surface area (Å²) in [6.07, 6.45) is 3.45. The number of fused-ring (bicyclic) bond motifs is 2. The van der Waals surface area contributed by atoms with Crippen molar-refractivity contribution in [3.63, 3.8) is 0 Å². The van der Waals surface area contributed by atoms with E-state index in [-0.39, 0.29) is 17.5 Å². The zero-order chi connectivity index (χ0) is 22.1. The van der Waals surface area contributed by atoms with Gasteiger partial charge >= 0.3 is 0 Å². The standard InChI is InChI=1S/C25H23BrN4O2/c26-18-8-9-22-21(15-18)25(32)30-12-4-7-20(23(30)28-22)24(31)27-19-10-13-29(14-11-19)16-17-5-2-1-3-6-17/h1-9,12,15,19H,10-11,13-14,16H2,(H,27,31). The Morgan fingerprint density at radius 3 is 2.62 bits per heavy atom. The highest BCUT2D eigenvalue weighted by atomic mass is 79.9.